The Labute approximate surface area is 88.4 Å². The molecule has 0 amide bonds. The van der Waals surface area contributed by atoms with E-state index in [0.29, 0.717) is 12.4 Å². The summed E-state index contributed by atoms with van der Waals surface area (Å²) in [6.07, 6.45) is -0.845. The third-order valence-corrected chi connectivity index (χ3v) is 1.87. The molecule has 0 saturated heterocycles. The highest BCUT2D eigenvalue weighted by atomic mass is 16.5. The van der Waals surface area contributed by atoms with Crippen molar-refractivity contribution in [3.8, 4) is 5.75 Å². The van der Waals surface area contributed by atoms with Gasteiger partial charge < -0.3 is 14.6 Å². The summed E-state index contributed by atoms with van der Waals surface area (Å²) in [4.78, 5) is 10.6. The SMILES string of the molecule is COCc1cccc(OC(C)C(=O)O)c1. The van der Waals surface area contributed by atoms with Crippen LogP contribution in [0.15, 0.2) is 24.3 Å². The monoisotopic (exact) mass is 210 g/mol. The van der Waals surface area contributed by atoms with Gasteiger partial charge >= 0.3 is 5.97 Å². The van der Waals surface area contributed by atoms with E-state index < -0.39 is 12.1 Å². The molecule has 0 spiro atoms. The number of carbonyl (C=O) groups is 1. The third-order valence-electron chi connectivity index (χ3n) is 1.87. The summed E-state index contributed by atoms with van der Waals surface area (Å²) in [5, 5.41) is 8.67. The summed E-state index contributed by atoms with van der Waals surface area (Å²) in [6, 6.07) is 7.18. The van der Waals surface area contributed by atoms with Gasteiger partial charge in [0.1, 0.15) is 5.75 Å². The lowest BCUT2D eigenvalue weighted by Crippen LogP contribution is -2.22. The minimum absolute atomic E-state index is 0.485. The Morgan fingerprint density at radius 3 is 2.87 bits per heavy atom. The van der Waals surface area contributed by atoms with E-state index in [1.54, 1.807) is 25.3 Å². The Morgan fingerprint density at radius 1 is 1.53 bits per heavy atom. The Balaban J connectivity index is 2.68. The third kappa shape index (κ3) is 3.59. The topological polar surface area (TPSA) is 55.8 Å². The van der Waals surface area contributed by atoms with Crippen LogP contribution in [0, 0.1) is 0 Å². The molecule has 82 valence electrons. The molecule has 0 saturated carbocycles. The Kier molecular flexibility index (Phi) is 4.12. The summed E-state index contributed by atoms with van der Waals surface area (Å²) in [6.45, 7) is 1.98. The van der Waals surface area contributed by atoms with Crippen molar-refractivity contribution in [2.24, 2.45) is 0 Å². The molecule has 0 aliphatic carbocycles. The minimum atomic E-state index is -0.979. The molecule has 0 aliphatic rings. The lowest BCUT2D eigenvalue weighted by atomic mass is 10.2. The molecular weight excluding hydrogens is 196 g/mol. The molecule has 1 aromatic rings. The van der Waals surface area contributed by atoms with Crippen molar-refractivity contribution < 1.29 is 19.4 Å². The molecule has 1 atom stereocenters. The van der Waals surface area contributed by atoms with Gasteiger partial charge in [-0.25, -0.2) is 4.79 Å². The molecule has 0 fully saturated rings. The zero-order chi connectivity index (χ0) is 11.3. The van der Waals surface area contributed by atoms with Crippen LogP contribution in [0.5, 0.6) is 5.75 Å². The quantitative estimate of drug-likeness (QED) is 0.803. The number of methoxy groups -OCH3 is 1. The predicted molar refractivity (Wildman–Crippen MR) is 54.9 cm³/mol. The lowest BCUT2D eigenvalue weighted by molar-refractivity contribution is -0.144. The molecule has 1 aromatic carbocycles. The molecule has 0 aliphatic heterocycles. The van der Waals surface area contributed by atoms with E-state index in [2.05, 4.69) is 0 Å². The fraction of sp³-hybridized carbons (Fsp3) is 0.364. The Morgan fingerprint density at radius 2 is 2.27 bits per heavy atom. The first kappa shape index (κ1) is 11.5. The first-order valence-corrected chi connectivity index (χ1v) is 4.61. The van der Waals surface area contributed by atoms with E-state index in [4.69, 9.17) is 14.6 Å². The molecule has 1 N–H and O–H groups in total. The highest BCUT2D eigenvalue weighted by Gasteiger charge is 2.12. The van der Waals surface area contributed by atoms with Gasteiger partial charge in [0.2, 0.25) is 0 Å². The molecule has 0 bridgehead atoms. The zero-order valence-electron chi connectivity index (χ0n) is 8.77. The second kappa shape index (κ2) is 5.36. The summed E-state index contributed by atoms with van der Waals surface area (Å²) in [5.41, 5.74) is 0.951. The van der Waals surface area contributed by atoms with Crippen LogP contribution >= 0.6 is 0 Å². The van der Waals surface area contributed by atoms with Crippen molar-refractivity contribution in [2.75, 3.05) is 7.11 Å². The summed E-state index contributed by atoms with van der Waals surface area (Å²) in [5.74, 6) is -0.438. The first-order chi connectivity index (χ1) is 7.13. The van der Waals surface area contributed by atoms with Crippen LogP contribution in [0.2, 0.25) is 0 Å². The number of hydrogen-bond donors (Lipinski definition) is 1. The molecule has 4 heteroatoms. The summed E-state index contributed by atoms with van der Waals surface area (Å²) < 4.78 is 10.2. The van der Waals surface area contributed by atoms with Gasteiger partial charge in [0.05, 0.1) is 6.61 Å². The molecule has 0 aromatic heterocycles. The average molecular weight is 210 g/mol. The van der Waals surface area contributed by atoms with Gasteiger partial charge in [0, 0.05) is 7.11 Å². The van der Waals surface area contributed by atoms with Crippen molar-refractivity contribution in [3.63, 3.8) is 0 Å². The summed E-state index contributed by atoms with van der Waals surface area (Å²) in [7, 11) is 1.60. The van der Waals surface area contributed by atoms with Crippen LogP contribution in [0.25, 0.3) is 0 Å². The number of carboxylic acid groups (broad SMARTS) is 1. The smallest absolute Gasteiger partial charge is 0.344 e. The van der Waals surface area contributed by atoms with Gasteiger partial charge in [0.25, 0.3) is 0 Å². The molecule has 0 radical (unpaired) electrons. The number of benzene rings is 1. The van der Waals surface area contributed by atoms with Crippen molar-refractivity contribution in [2.45, 2.75) is 19.6 Å². The molecule has 4 nitrogen and oxygen atoms in total. The minimum Gasteiger partial charge on any atom is -0.479 e. The first-order valence-electron chi connectivity index (χ1n) is 4.61. The van der Waals surface area contributed by atoms with Crippen LogP contribution in [0.1, 0.15) is 12.5 Å². The summed E-state index contributed by atoms with van der Waals surface area (Å²) >= 11 is 0. The van der Waals surface area contributed by atoms with E-state index in [9.17, 15) is 4.79 Å². The number of ether oxygens (including phenoxy) is 2. The highest BCUT2D eigenvalue weighted by Crippen LogP contribution is 2.15. The van der Waals surface area contributed by atoms with Gasteiger partial charge in [0.15, 0.2) is 6.10 Å². The normalized spacial score (nSPS) is 12.1. The molecule has 1 rings (SSSR count). The number of hydrogen-bond acceptors (Lipinski definition) is 3. The van der Waals surface area contributed by atoms with Crippen molar-refractivity contribution in [3.05, 3.63) is 29.8 Å². The lowest BCUT2D eigenvalue weighted by Gasteiger charge is -2.11. The molecule has 15 heavy (non-hydrogen) atoms. The Hall–Kier alpha value is -1.55. The fourth-order valence-electron chi connectivity index (χ4n) is 1.13. The molecule has 0 heterocycles. The van der Waals surface area contributed by atoms with Gasteiger partial charge in [-0.2, -0.15) is 0 Å². The number of rotatable bonds is 5. The zero-order valence-corrected chi connectivity index (χ0v) is 8.77. The van der Waals surface area contributed by atoms with Crippen LogP contribution in [-0.4, -0.2) is 24.3 Å². The molecule has 1 unspecified atom stereocenters. The second-order valence-corrected chi connectivity index (χ2v) is 3.18. The average Bonchev–Trinajstić information content (AvgIpc) is 2.18. The van der Waals surface area contributed by atoms with Crippen molar-refractivity contribution in [1.29, 1.82) is 0 Å². The number of aliphatic carboxylic acids is 1. The van der Waals surface area contributed by atoms with Crippen molar-refractivity contribution in [1.82, 2.24) is 0 Å². The second-order valence-electron chi connectivity index (χ2n) is 3.18. The van der Waals surface area contributed by atoms with Crippen molar-refractivity contribution >= 4 is 5.97 Å². The van der Waals surface area contributed by atoms with Crippen LogP contribution < -0.4 is 4.74 Å². The fourth-order valence-corrected chi connectivity index (χ4v) is 1.13. The van der Waals surface area contributed by atoms with Crippen LogP contribution in [0.3, 0.4) is 0 Å². The standard InChI is InChI=1S/C11H14O4/c1-8(11(12)13)15-10-5-3-4-9(6-10)7-14-2/h3-6,8H,7H2,1-2H3,(H,12,13). The van der Waals surface area contributed by atoms with E-state index >= 15 is 0 Å². The predicted octanol–water partition coefficient (Wildman–Crippen LogP) is 1.68. The Bertz CT molecular complexity index is 335. The van der Waals surface area contributed by atoms with Gasteiger partial charge in [-0.05, 0) is 24.6 Å². The highest BCUT2D eigenvalue weighted by molar-refractivity contribution is 5.72. The van der Waals surface area contributed by atoms with Gasteiger partial charge in [-0.3, -0.25) is 0 Å². The maximum Gasteiger partial charge on any atom is 0.344 e. The largest absolute Gasteiger partial charge is 0.479 e. The van der Waals surface area contributed by atoms with Crippen LogP contribution in [0.4, 0.5) is 0 Å². The van der Waals surface area contributed by atoms with E-state index in [0.717, 1.165) is 5.56 Å². The van der Waals surface area contributed by atoms with E-state index in [1.165, 1.54) is 6.92 Å². The van der Waals surface area contributed by atoms with Gasteiger partial charge in [-0.15, -0.1) is 0 Å². The van der Waals surface area contributed by atoms with E-state index in [-0.39, 0.29) is 0 Å². The maximum atomic E-state index is 10.6. The van der Waals surface area contributed by atoms with E-state index in [1.807, 2.05) is 6.07 Å². The van der Waals surface area contributed by atoms with Gasteiger partial charge in [-0.1, -0.05) is 12.1 Å². The molecular formula is C11H14O4. The number of carboxylic acids is 1. The maximum absolute atomic E-state index is 10.6. The van der Waals surface area contributed by atoms with Crippen LogP contribution in [-0.2, 0) is 16.1 Å².